The van der Waals surface area contributed by atoms with Crippen LogP contribution in [-0.2, 0) is 4.79 Å². The fourth-order valence-electron chi connectivity index (χ4n) is 1.73. The van der Waals surface area contributed by atoms with Gasteiger partial charge >= 0.3 is 0 Å². The van der Waals surface area contributed by atoms with Crippen molar-refractivity contribution in [2.75, 3.05) is 0 Å². The third-order valence-corrected chi connectivity index (χ3v) is 2.51. The Morgan fingerprint density at radius 1 is 1.33 bits per heavy atom. The van der Waals surface area contributed by atoms with Crippen molar-refractivity contribution in [2.45, 2.75) is 19.9 Å². The molecular weight excluding hydrogens is 235 g/mol. The predicted molar refractivity (Wildman–Crippen MR) is 65.9 cm³/mol. The highest BCUT2D eigenvalue weighted by Gasteiger charge is 2.20. The number of benzene rings is 1. The molecule has 0 aliphatic carbocycles. The minimum atomic E-state index is -0.685. The lowest BCUT2D eigenvalue weighted by Crippen LogP contribution is -2.35. The molecule has 0 bridgehead atoms. The molecule has 2 N–H and O–H groups in total. The van der Waals surface area contributed by atoms with Gasteiger partial charge in [0.25, 0.3) is 11.7 Å². The van der Waals surface area contributed by atoms with E-state index in [1.807, 2.05) is 0 Å². The van der Waals surface area contributed by atoms with Crippen LogP contribution in [0.15, 0.2) is 24.4 Å². The van der Waals surface area contributed by atoms with Crippen LogP contribution in [0.25, 0.3) is 10.9 Å². The van der Waals surface area contributed by atoms with Crippen molar-refractivity contribution in [1.82, 2.24) is 10.3 Å². The summed E-state index contributed by atoms with van der Waals surface area (Å²) in [4.78, 5) is 26.4. The minimum Gasteiger partial charge on any atom is -0.360 e. The standard InChI is InChI=1S/C13H13FN2O2/c1-7(2)16-13(18)12(17)10-6-15-11-4-3-8(14)5-9(10)11/h3-7,15H,1-2H3,(H,16,18). The third-order valence-electron chi connectivity index (χ3n) is 2.51. The number of aromatic nitrogens is 1. The summed E-state index contributed by atoms with van der Waals surface area (Å²) in [6, 6.07) is 3.94. The molecule has 2 aromatic rings. The lowest BCUT2D eigenvalue weighted by atomic mass is 10.1. The van der Waals surface area contributed by atoms with Crippen molar-refractivity contribution in [2.24, 2.45) is 0 Å². The van der Waals surface area contributed by atoms with Crippen LogP contribution in [0.5, 0.6) is 0 Å². The molecule has 0 fully saturated rings. The van der Waals surface area contributed by atoms with E-state index in [0.29, 0.717) is 10.9 Å². The first-order valence-electron chi connectivity index (χ1n) is 5.61. The number of halogens is 1. The van der Waals surface area contributed by atoms with Crippen molar-refractivity contribution in [3.8, 4) is 0 Å². The number of ketones is 1. The molecule has 4 nitrogen and oxygen atoms in total. The Morgan fingerprint density at radius 3 is 2.72 bits per heavy atom. The van der Waals surface area contributed by atoms with Crippen LogP contribution in [0, 0.1) is 5.82 Å². The topological polar surface area (TPSA) is 62.0 Å². The van der Waals surface area contributed by atoms with E-state index in [1.54, 1.807) is 13.8 Å². The van der Waals surface area contributed by atoms with E-state index in [2.05, 4.69) is 10.3 Å². The van der Waals surface area contributed by atoms with E-state index in [1.165, 1.54) is 24.4 Å². The van der Waals surface area contributed by atoms with Crippen molar-refractivity contribution < 1.29 is 14.0 Å². The quantitative estimate of drug-likeness (QED) is 0.644. The fraction of sp³-hybridized carbons (Fsp3) is 0.231. The summed E-state index contributed by atoms with van der Waals surface area (Å²) in [7, 11) is 0. The monoisotopic (exact) mass is 248 g/mol. The molecule has 18 heavy (non-hydrogen) atoms. The maximum atomic E-state index is 13.1. The number of carbonyl (C=O) groups excluding carboxylic acids is 2. The molecule has 1 aromatic carbocycles. The van der Waals surface area contributed by atoms with Gasteiger partial charge in [0, 0.05) is 23.1 Å². The first-order valence-corrected chi connectivity index (χ1v) is 5.61. The van der Waals surface area contributed by atoms with Crippen molar-refractivity contribution >= 4 is 22.6 Å². The second kappa shape index (κ2) is 4.60. The summed E-state index contributed by atoms with van der Waals surface area (Å²) in [6.07, 6.45) is 1.42. The molecule has 1 heterocycles. The number of amides is 1. The van der Waals surface area contributed by atoms with Gasteiger partial charge in [-0.1, -0.05) is 0 Å². The van der Waals surface area contributed by atoms with E-state index >= 15 is 0 Å². The van der Waals surface area contributed by atoms with Gasteiger partial charge in [0.2, 0.25) is 0 Å². The summed E-state index contributed by atoms with van der Waals surface area (Å²) < 4.78 is 13.1. The van der Waals surface area contributed by atoms with Crippen LogP contribution in [0.1, 0.15) is 24.2 Å². The summed E-state index contributed by atoms with van der Waals surface area (Å²) in [6.45, 7) is 3.53. The number of hydrogen-bond acceptors (Lipinski definition) is 2. The highest BCUT2D eigenvalue weighted by Crippen LogP contribution is 2.19. The molecule has 0 atom stereocenters. The summed E-state index contributed by atoms with van der Waals surface area (Å²) in [5, 5.41) is 2.93. The third kappa shape index (κ3) is 2.25. The van der Waals surface area contributed by atoms with E-state index in [4.69, 9.17) is 0 Å². The lowest BCUT2D eigenvalue weighted by Gasteiger charge is -2.06. The number of carbonyl (C=O) groups is 2. The van der Waals surface area contributed by atoms with E-state index in [0.717, 1.165) is 0 Å². The second-order valence-corrected chi connectivity index (χ2v) is 4.35. The Labute approximate surface area is 103 Å². The maximum Gasteiger partial charge on any atom is 0.292 e. The van der Waals surface area contributed by atoms with Crippen molar-refractivity contribution in [3.63, 3.8) is 0 Å². The van der Waals surface area contributed by atoms with Gasteiger partial charge in [-0.2, -0.15) is 0 Å². The van der Waals surface area contributed by atoms with Gasteiger partial charge in [0.15, 0.2) is 0 Å². The number of rotatable bonds is 3. The molecule has 5 heteroatoms. The number of hydrogen-bond donors (Lipinski definition) is 2. The largest absolute Gasteiger partial charge is 0.360 e. The highest BCUT2D eigenvalue weighted by atomic mass is 19.1. The Bertz CT molecular complexity index is 616. The van der Waals surface area contributed by atoms with Gasteiger partial charge in [0.05, 0.1) is 5.56 Å². The van der Waals surface area contributed by atoms with Crippen LogP contribution < -0.4 is 5.32 Å². The Hall–Kier alpha value is -2.17. The van der Waals surface area contributed by atoms with E-state index in [9.17, 15) is 14.0 Å². The number of Topliss-reactive ketones (excluding diaryl/α,β-unsaturated/α-hetero) is 1. The van der Waals surface area contributed by atoms with Crippen LogP contribution in [0.2, 0.25) is 0 Å². The normalized spacial score (nSPS) is 10.9. The zero-order chi connectivity index (χ0) is 13.3. The molecule has 94 valence electrons. The predicted octanol–water partition coefficient (Wildman–Crippen LogP) is 2.01. The smallest absolute Gasteiger partial charge is 0.292 e. The number of H-pyrrole nitrogens is 1. The van der Waals surface area contributed by atoms with Crippen molar-refractivity contribution in [1.29, 1.82) is 0 Å². The van der Waals surface area contributed by atoms with Crippen LogP contribution in [0.3, 0.4) is 0 Å². The zero-order valence-electron chi connectivity index (χ0n) is 10.1. The highest BCUT2D eigenvalue weighted by molar-refractivity contribution is 6.45. The van der Waals surface area contributed by atoms with Gasteiger partial charge in [-0.05, 0) is 32.0 Å². The number of fused-ring (bicyclic) bond motifs is 1. The molecule has 1 amide bonds. The molecule has 0 aliphatic heterocycles. The van der Waals surface area contributed by atoms with E-state index < -0.39 is 17.5 Å². The second-order valence-electron chi connectivity index (χ2n) is 4.35. The number of nitrogens with one attached hydrogen (secondary N) is 2. The number of aromatic amines is 1. The van der Waals surface area contributed by atoms with Crippen LogP contribution in [0.4, 0.5) is 4.39 Å². The molecule has 0 radical (unpaired) electrons. The van der Waals surface area contributed by atoms with Gasteiger partial charge in [-0.3, -0.25) is 9.59 Å². The molecule has 1 aromatic heterocycles. The van der Waals surface area contributed by atoms with Crippen LogP contribution in [-0.4, -0.2) is 22.7 Å². The molecule has 0 spiro atoms. The fourth-order valence-corrected chi connectivity index (χ4v) is 1.73. The molecular formula is C13H13FN2O2. The molecule has 0 saturated carbocycles. The minimum absolute atomic E-state index is 0.122. The first-order chi connectivity index (χ1) is 8.49. The van der Waals surface area contributed by atoms with Gasteiger partial charge in [-0.25, -0.2) is 4.39 Å². The summed E-state index contributed by atoms with van der Waals surface area (Å²) in [5.41, 5.74) is 0.805. The van der Waals surface area contributed by atoms with Gasteiger partial charge < -0.3 is 10.3 Å². The molecule has 2 rings (SSSR count). The van der Waals surface area contributed by atoms with E-state index in [-0.39, 0.29) is 11.6 Å². The molecule has 0 saturated heterocycles. The van der Waals surface area contributed by atoms with Crippen molar-refractivity contribution in [3.05, 3.63) is 35.8 Å². The molecule has 0 unspecified atom stereocenters. The van der Waals surface area contributed by atoms with Gasteiger partial charge in [-0.15, -0.1) is 0 Å². The van der Waals surface area contributed by atoms with Crippen LogP contribution >= 0.6 is 0 Å². The SMILES string of the molecule is CC(C)NC(=O)C(=O)c1c[nH]c2ccc(F)cc12. The Morgan fingerprint density at radius 2 is 2.06 bits per heavy atom. The Kier molecular flexibility index (Phi) is 3.14. The first kappa shape index (κ1) is 12.3. The average molecular weight is 248 g/mol. The Balaban J connectivity index is 2.39. The lowest BCUT2D eigenvalue weighted by molar-refractivity contribution is -0.117. The summed E-state index contributed by atoms with van der Waals surface area (Å²) in [5.74, 6) is -1.80. The summed E-state index contributed by atoms with van der Waals surface area (Å²) >= 11 is 0. The van der Waals surface area contributed by atoms with Gasteiger partial charge in [0.1, 0.15) is 5.82 Å². The maximum absolute atomic E-state index is 13.1. The average Bonchev–Trinajstić information content (AvgIpc) is 2.69. The molecule has 0 aliphatic rings. The zero-order valence-corrected chi connectivity index (χ0v) is 10.1.